The van der Waals surface area contributed by atoms with E-state index in [1.54, 1.807) is 0 Å². The number of rotatable bonds is 2. The molecule has 2 aromatic carbocycles. The molecular weight excluding hydrogens is 277 g/mol. The first-order valence-electron chi connectivity index (χ1n) is 5.67. The van der Waals surface area contributed by atoms with Gasteiger partial charge in [-0.15, -0.1) is 0 Å². The normalized spacial score (nSPS) is 13.3. The Morgan fingerprint density at radius 2 is 1.60 bits per heavy atom. The van der Waals surface area contributed by atoms with E-state index in [0.29, 0.717) is 6.07 Å². The van der Waals surface area contributed by atoms with Crippen molar-refractivity contribution in [2.24, 2.45) is 5.73 Å². The van der Waals surface area contributed by atoms with Crippen molar-refractivity contribution in [3.05, 3.63) is 70.8 Å². The first-order valence-corrected chi connectivity index (χ1v) is 5.67. The minimum absolute atomic E-state index is 0.197. The molecule has 0 aliphatic heterocycles. The fraction of sp³-hybridized carbons (Fsp3) is 0.143. The van der Waals surface area contributed by atoms with E-state index in [1.165, 1.54) is 18.2 Å². The Morgan fingerprint density at radius 1 is 0.950 bits per heavy atom. The van der Waals surface area contributed by atoms with Crippen LogP contribution in [-0.2, 0) is 6.18 Å². The van der Waals surface area contributed by atoms with Gasteiger partial charge in [-0.1, -0.05) is 24.3 Å². The molecule has 0 spiro atoms. The zero-order valence-corrected chi connectivity index (χ0v) is 10.1. The Bertz CT molecular complexity index is 621. The summed E-state index contributed by atoms with van der Waals surface area (Å²) < 4.78 is 64.8. The largest absolute Gasteiger partial charge is 0.419 e. The predicted octanol–water partition coefficient (Wildman–Crippen LogP) is 4.03. The Hall–Kier alpha value is -1.95. The summed E-state index contributed by atoms with van der Waals surface area (Å²) in [5.74, 6) is -2.03. The number of alkyl halides is 3. The maximum atomic E-state index is 13.9. The molecule has 1 atom stereocenters. The monoisotopic (exact) mass is 287 g/mol. The number of hydrogen-bond donors (Lipinski definition) is 1. The molecule has 0 aliphatic carbocycles. The average Bonchev–Trinajstić information content (AvgIpc) is 2.37. The van der Waals surface area contributed by atoms with Gasteiger partial charge >= 0.3 is 6.18 Å². The highest BCUT2D eigenvalue weighted by Gasteiger charge is 2.35. The molecule has 0 aliphatic rings. The zero-order valence-electron chi connectivity index (χ0n) is 10.1. The summed E-state index contributed by atoms with van der Waals surface area (Å²) >= 11 is 0. The molecule has 1 nitrogen and oxygen atoms in total. The van der Waals surface area contributed by atoms with Crippen molar-refractivity contribution in [1.82, 2.24) is 0 Å². The molecule has 2 aromatic rings. The van der Waals surface area contributed by atoms with Crippen molar-refractivity contribution in [2.45, 2.75) is 12.2 Å². The second-order valence-electron chi connectivity index (χ2n) is 4.24. The van der Waals surface area contributed by atoms with Gasteiger partial charge in [0, 0.05) is 5.56 Å². The van der Waals surface area contributed by atoms with Crippen LogP contribution in [0.15, 0.2) is 42.5 Å². The van der Waals surface area contributed by atoms with Gasteiger partial charge in [-0.05, 0) is 23.8 Å². The Morgan fingerprint density at radius 3 is 2.20 bits per heavy atom. The summed E-state index contributed by atoms with van der Waals surface area (Å²) in [6, 6.07) is 6.69. The number of halogens is 5. The topological polar surface area (TPSA) is 26.0 Å². The molecule has 20 heavy (non-hydrogen) atoms. The van der Waals surface area contributed by atoms with Gasteiger partial charge < -0.3 is 5.73 Å². The highest BCUT2D eigenvalue weighted by molar-refractivity contribution is 5.36. The van der Waals surface area contributed by atoms with Crippen LogP contribution in [0.25, 0.3) is 0 Å². The van der Waals surface area contributed by atoms with E-state index >= 15 is 0 Å². The molecule has 0 saturated carbocycles. The summed E-state index contributed by atoms with van der Waals surface area (Å²) in [4.78, 5) is 0. The molecule has 106 valence electrons. The lowest BCUT2D eigenvalue weighted by Gasteiger charge is -2.16. The zero-order chi connectivity index (χ0) is 14.9. The molecule has 1 unspecified atom stereocenters. The van der Waals surface area contributed by atoms with Crippen LogP contribution < -0.4 is 5.73 Å². The van der Waals surface area contributed by atoms with E-state index in [-0.39, 0.29) is 11.1 Å². The lowest BCUT2D eigenvalue weighted by atomic mass is 9.97. The molecule has 0 amide bonds. The summed E-state index contributed by atoms with van der Waals surface area (Å²) in [7, 11) is 0. The van der Waals surface area contributed by atoms with Crippen LogP contribution in [0.2, 0.25) is 0 Å². The van der Waals surface area contributed by atoms with Crippen molar-refractivity contribution in [3.8, 4) is 0 Å². The molecule has 2 N–H and O–H groups in total. The molecule has 0 aromatic heterocycles. The molecule has 0 fully saturated rings. The highest BCUT2D eigenvalue weighted by Crippen LogP contribution is 2.34. The third-order valence-corrected chi connectivity index (χ3v) is 2.88. The summed E-state index contributed by atoms with van der Waals surface area (Å²) in [6.45, 7) is 0. The van der Waals surface area contributed by atoms with Crippen molar-refractivity contribution in [2.75, 3.05) is 0 Å². The standard InChI is InChI=1S/C14H10F5N/c15-9-4-1-3-8(7-9)13(20)10-5-2-6-11(12(10)16)14(17,18)19/h1-7,13H,20H2. The van der Waals surface area contributed by atoms with Crippen LogP contribution in [0.5, 0.6) is 0 Å². The summed E-state index contributed by atoms with van der Waals surface area (Å²) in [5, 5.41) is 0. The Kier molecular flexibility index (Phi) is 3.76. The van der Waals surface area contributed by atoms with Crippen molar-refractivity contribution in [1.29, 1.82) is 0 Å². The second kappa shape index (κ2) is 5.20. The minimum Gasteiger partial charge on any atom is -0.320 e. The Labute approximate surface area is 111 Å². The van der Waals surface area contributed by atoms with Crippen molar-refractivity contribution in [3.63, 3.8) is 0 Å². The molecule has 0 bridgehead atoms. The maximum Gasteiger partial charge on any atom is 0.419 e. The smallest absolute Gasteiger partial charge is 0.320 e. The molecule has 0 radical (unpaired) electrons. The van der Waals surface area contributed by atoms with E-state index in [0.717, 1.165) is 18.2 Å². The lowest BCUT2D eigenvalue weighted by Crippen LogP contribution is -2.17. The number of hydrogen-bond acceptors (Lipinski definition) is 1. The van der Waals surface area contributed by atoms with Crippen LogP contribution in [0.1, 0.15) is 22.7 Å². The fourth-order valence-electron chi connectivity index (χ4n) is 1.89. The minimum atomic E-state index is -4.80. The van der Waals surface area contributed by atoms with Crippen LogP contribution in [-0.4, -0.2) is 0 Å². The molecular formula is C14H10F5N. The van der Waals surface area contributed by atoms with Gasteiger partial charge in [0.25, 0.3) is 0 Å². The first kappa shape index (κ1) is 14.5. The van der Waals surface area contributed by atoms with E-state index in [2.05, 4.69) is 0 Å². The summed E-state index contributed by atoms with van der Waals surface area (Å²) in [6.07, 6.45) is -4.80. The fourth-order valence-corrected chi connectivity index (χ4v) is 1.89. The lowest BCUT2D eigenvalue weighted by molar-refractivity contribution is -0.140. The van der Waals surface area contributed by atoms with E-state index in [4.69, 9.17) is 5.73 Å². The predicted molar refractivity (Wildman–Crippen MR) is 63.8 cm³/mol. The van der Waals surface area contributed by atoms with E-state index in [1.807, 2.05) is 0 Å². The Balaban J connectivity index is 2.48. The molecule has 2 rings (SSSR count). The van der Waals surface area contributed by atoms with Crippen LogP contribution in [0, 0.1) is 11.6 Å². The van der Waals surface area contributed by atoms with E-state index in [9.17, 15) is 22.0 Å². The van der Waals surface area contributed by atoms with Crippen LogP contribution in [0.4, 0.5) is 22.0 Å². The second-order valence-corrected chi connectivity index (χ2v) is 4.24. The third kappa shape index (κ3) is 2.80. The van der Waals surface area contributed by atoms with Gasteiger partial charge in [-0.3, -0.25) is 0 Å². The van der Waals surface area contributed by atoms with Gasteiger partial charge in [0.2, 0.25) is 0 Å². The summed E-state index contributed by atoms with van der Waals surface area (Å²) in [5.41, 5.74) is 4.21. The third-order valence-electron chi connectivity index (χ3n) is 2.88. The van der Waals surface area contributed by atoms with Gasteiger partial charge in [0.05, 0.1) is 11.6 Å². The SMILES string of the molecule is NC(c1cccc(F)c1)c1cccc(C(F)(F)F)c1F. The maximum absolute atomic E-state index is 13.9. The quantitative estimate of drug-likeness (QED) is 0.829. The van der Waals surface area contributed by atoms with Crippen molar-refractivity contribution >= 4 is 0 Å². The average molecular weight is 287 g/mol. The van der Waals surface area contributed by atoms with Gasteiger partial charge in [-0.25, -0.2) is 8.78 Å². The van der Waals surface area contributed by atoms with E-state index < -0.39 is 29.4 Å². The van der Waals surface area contributed by atoms with Crippen LogP contribution in [0.3, 0.4) is 0 Å². The van der Waals surface area contributed by atoms with Crippen LogP contribution >= 0.6 is 0 Å². The molecule has 0 heterocycles. The van der Waals surface area contributed by atoms with Gasteiger partial charge in [0.1, 0.15) is 11.6 Å². The molecule has 0 saturated heterocycles. The van der Waals surface area contributed by atoms with Gasteiger partial charge in [0.15, 0.2) is 0 Å². The van der Waals surface area contributed by atoms with Crippen molar-refractivity contribution < 1.29 is 22.0 Å². The highest BCUT2D eigenvalue weighted by atomic mass is 19.4. The first-order chi connectivity index (χ1) is 9.30. The number of nitrogens with two attached hydrogens (primary N) is 1. The molecule has 6 heteroatoms. The van der Waals surface area contributed by atoms with Gasteiger partial charge in [-0.2, -0.15) is 13.2 Å². The number of benzene rings is 2.